The number of nitriles is 1. The highest BCUT2D eigenvalue weighted by Gasteiger charge is 2.29. The second-order valence-electron chi connectivity index (χ2n) is 6.25. The Hall–Kier alpha value is -1.93. The van der Waals surface area contributed by atoms with Gasteiger partial charge in [-0.05, 0) is 43.4 Å². The molecule has 0 spiro atoms. The maximum atomic E-state index is 12.4. The van der Waals surface area contributed by atoms with Crippen LogP contribution >= 0.6 is 0 Å². The summed E-state index contributed by atoms with van der Waals surface area (Å²) in [5.41, 5.74) is 1.23. The molecule has 1 aromatic rings. The third-order valence-electron chi connectivity index (χ3n) is 4.81. The summed E-state index contributed by atoms with van der Waals surface area (Å²) < 4.78 is 0. The zero-order valence-electron chi connectivity index (χ0n) is 12.8. The molecule has 1 aliphatic carbocycles. The zero-order valence-corrected chi connectivity index (χ0v) is 12.8. The first kappa shape index (κ1) is 15.0. The van der Waals surface area contributed by atoms with Gasteiger partial charge in [0, 0.05) is 12.7 Å². The molecule has 116 valence electrons. The molecular weight excluding hydrogens is 276 g/mol. The fraction of sp³-hybridized carbons (Fsp3) is 0.588. The van der Waals surface area contributed by atoms with Gasteiger partial charge in [-0.15, -0.1) is 0 Å². The third kappa shape index (κ3) is 3.12. The van der Waals surface area contributed by atoms with Gasteiger partial charge < -0.3 is 5.32 Å². The van der Waals surface area contributed by atoms with Crippen molar-refractivity contribution in [2.24, 2.45) is 5.92 Å². The Labute approximate surface area is 131 Å². The Morgan fingerprint density at radius 2 is 2.09 bits per heavy atom. The number of aromatic nitrogens is 1. The van der Waals surface area contributed by atoms with Crippen LogP contribution in [0.15, 0.2) is 18.3 Å². The van der Waals surface area contributed by atoms with Gasteiger partial charge in [-0.3, -0.25) is 4.79 Å². The largest absolute Gasteiger partial charge is 0.316 e. The van der Waals surface area contributed by atoms with Gasteiger partial charge in [0.2, 0.25) is 5.91 Å². The lowest BCUT2D eigenvalue weighted by Gasteiger charge is -2.22. The summed E-state index contributed by atoms with van der Waals surface area (Å²) in [5, 5.41) is 12.5. The lowest BCUT2D eigenvalue weighted by Crippen LogP contribution is -2.34. The van der Waals surface area contributed by atoms with Gasteiger partial charge in [-0.2, -0.15) is 10.2 Å². The lowest BCUT2D eigenvalue weighted by molar-refractivity contribution is -0.121. The van der Waals surface area contributed by atoms with Crippen LogP contribution < -0.4 is 10.2 Å². The number of anilines is 1. The van der Waals surface area contributed by atoms with Crippen LogP contribution in [-0.2, 0) is 4.79 Å². The van der Waals surface area contributed by atoms with Crippen molar-refractivity contribution < 1.29 is 4.79 Å². The van der Waals surface area contributed by atoms with Gasteiger partial charge in [0.05, 0.1) is 5.92 Å². The average Bonchev–Trinajstić information content (AvgIpc) is 3.11. The van der Waals surface area contributed by atoms with Crippen LogP contribution in [0.2, 0.25) is 0 Å². The summed E-state index contributed by atoms with van der Waals surface area (Å²) in [6, 6.07) is 3.84. The molecule has 2 fully saturated rings. The number of amides is 1. The van der Waals surface area contributed by atoms with Crippen LogP contribution in [0.25, 0.3) is 0 Å². The van der Waals surface area contributed by atoms with Crippen LogP contribution in [0.1, 0.15) is 50.0 Å². The smallest absolute Gasteiger partial charge is 0.246 e. The van der Waals surface area contributed by atoms with E-state index in [1.54, 1.807) is 0 Å². The summed E-state index contributed by atoms with van der Waals surface area (Å²) in [6.45, 7) is 1.49. The van der Waals surface area contributed by atoms with Crippen molar-refractivity contribution in [1.29, 1.82) is 5.26 Å². The van der Waals surface area contributed by atoms with Crippen LogP contribution in [-0.4, -0.2) is 24.0 Å². The van der Waals surface area contributed by atoms with Gasteiger partial charge in [0.25, 0.3) is 0 Å². The predicted octanol–water partition coefficient (Wildman–Crippen LogP) is 2.55. The second kappa shape index (κ2) is 6.89. The van der Waals surface area contributed by atoms with Crippen molar-refractivity contribution in [1.82, 2.24) is 10.3 Å². The van der Waals surface area contributed by atoms with E-state index in [1.807, 2.05) is 24.5 Å². The van der Waals surface area contributed by atoms with Crippen LogP contribution in [0.4, 0.5) is 5.82 Å². The molecule has 1 saturated heterocycles. The number of pyridine rings is 1. The molecule has 3 rings (SSSR count). The van der Waals surface area contributed by atoms with E-state index in [0.29, 0.717) is 18.3 Å². The molecule has 1 saturated carbocycles. The van der Waals surface area contributed by atoms with E-state index in [9.17, 15) is 10.1 Å². The SMILES string of the molecule is N#CN(C(=O)C1CCNC1)c1ccc(C2CCCCC2)cn1. The standard InChI is InChI=1S/C17H22N4O/c18-12-21(17(22)15-8-9-19-10-15)16-7-6-14(11-20-16)13-4-2-1-3-5-13/h6-7,11,13,15,19H,1-5,8-10H2. The first-order valence-corrected chi connectivity index (χ1v) is 8.20. The maximum absolute atomic E-state index is 12.4. The monoisotopic (exact) mass is 298 g/mol. The fourth-order valence-electron chi connectivity index (χ4n) is 3.47. The van der Waals surface area contributed by atoms with Gasteiger partial charge in [0.15, 0.2) is 6.19 Å². The van der Waals surface area contributed by atoms with E-state index in [1.165, 1.54) is 37.7 Å². The Morgan fingerprint density at radius 3 is 2.68 bits per heavy atom. The Kier molecular flexibility index (Phi) is 4.69. The number of hydrogen-bond donors (Lipinski definition) is 1. The number of rotatable bonds is 3. The highest BCUT2D eigenvalue weighted by Crippen LogP contribution is 2.32. The van der Waals surface area contributed by atoms with Crippen LogP contribution in [0.3, 0.4) is 0 Å². The van der Waals surface area contributed by atoms with E-state index in [-0.39, 0.29) is 11.8 Å². The Balaban J connectivity index is 1.72. The van der Waals surface area contributed by atoms with Crippen molar-refractivity contribution >= 4 is 11.7 Å². The molecule has 0 aromatic carbocycles. The summed E-state index contributed by atoms with van der Waals surface area (Å²) in [7, 11) is 0. The molecule has 1 amide bonds. The normalized spacial score (nSPS) is 22.2. The quantitative estimate of drug-likeness (QED) is 0.688. The molecule has 1 N–H and O–H groups in total. The van der Waals surface area contributed by atoms with Crippen LogP contribution in [0, 0.1) is 17.4 Å². The number of hydrogen-bond acceptors (Lipinski definition) is 4. The zero-order chi connectivity index (χ0) is 15.4. The average molecular weight is 298 g/mol. The molecule has 0 bridgehead atoms. The second-order valence-corrected chi connectivity index (χ2v) is 6.25. The van der Waals surface area contributed by atoms with Crippen molar-refractivity contribution in [2.45, 2.75) is 44.4 Å². The molecule has 1 atom stereocenters. The van der Waals surface area contributed by atoms with Crippen molar-refractivity contribution in [2.75, 3.05) is 18.0 Å². The highest BCUT2D eigenvalue weighted by molar-refractivity contribution is 5.96. The maximum Gasteiger partial charge on any atom is 0.246 e. The van der Waals surface area contributed by atoms with Gasteiger partial charge in [-0.25, -0.2) is 4.98 Å². The lowest BCUT2D eigenvalue weighted by atomic mass is 9.85. The highest BCUT2D eigenvalue weighted by atomic mass is 16.2. The summed E-state index contributed by atoms with van der Waals surface area (Å²) >= 11 is 0. The van der Waals surface area contributed by atoms with E-state index in [2.05, 4.69) is 10.3 Å². The van der Waals surface area contributed by atoms with Crippen molar-refractivity contribution in [3.05, 3.63) is 23.9 Å². The molecule has 2 heterocycles. The van der Waals surface area contributed by atoms with Crippen LogP contribution in [0.5, 0.6) is 0 Å². The molecule has 1 aromatic heterocycles. The van der Waals surface area contributed by atoms with Gasteiger partial charge >= 0.3 is 0 Å². The fourth-order valence-corrected chi connectivity index (χ4v) is 3.47. The topological polar surface area (TPSA) is 69.0 Å². The van der Waals surface area contributed by atoms with Crippen molar-refractivity contribution in [3.63, 3.8) is 0 Å². The number of carbonyl (C=O) groups is 1. The summed E-state index contributed by atoms with van der Waals surface area (Å²) in [4.78, 5) is 17.9. The van der Waals surface area contributed by atoms with Crippen molar-refractivity contribution in [3.8, 4) is 6.19 Å². The minimum atomic E-state index is -0.148. The molecule has 22 heavy (non-hydrogen) atoms. The molecule has 0 radical (unpaired) electrons. The molecule has 1 aliphatic heterocycles. The number of nitrogens with one attached hydrogen (secondary N) is 1. The van der Waals surface area contributed by atoms with E-state index in [0.717, 1.165) is 17.9 Å². The first-order chi connectivity index (χ1) is 10.8. The predicted molar refractivity (Wildman–Crippen MR) is 84.1 cm³/mol. The minimum Gasteiger partial charge on any atom is -0.316 e. The summed E-state index contributed by atoms with van der Waals surface area (Å²) in [5.74, 6) is 0.768. The van der Waals surface area contributed by atoms with Gasteiger partial charge in [0.1, 0.15) is 5.82 Å². The summed E-state index contributed by atoms with van der Waals surface area (Å²) in [6.07, 6.45) is 10.9. The minimum absolute atomic E-state index is 0.112. The van der Waals surface area contributed by atoms with E-state index >= 15 is 0 Å². The molecular formula is C17H22N4O. The molecule has 1 unspecified atom stereocenters. The van der Waals surface area contributed by atoms with E-state index < -0.39 is 0 Å². The number of nitrogens with zero attached hydrogens (tertiary/aromatic N) is 3. The molecule has 2 aliphatic rings. The Morgan fingerprint density at radius 1 is 1.27 bits per heavy atom. The van der Waals surface area contributed by atoms with E-state index in [4.69, 9.17) is 0 Å². The Bertz CT molecular complexity index is 551. The number of carbonyl (C=O) groups excluding carboxylic acids is 1. The van der Waals surface area contributed by atoms with Gasteiger partial charge in [-0.1, -0.05) is 25.3 Å². The molecule has 5 heteroatoms. The molecule has 5 nitrogen and oxygen atoms in total. The first-order valence-electron chi connectivity index (χ1n) is 8.20. The third-order valence-corrected chi connectivity index (χ3v) is 4.81.